The minimum Gasteiger partial charge on any atom is -0.358 e. The largest absolute Gasteiger partial charge is 0.358 e. The second-order valence-corrected chi connectivity index (χ2v) is 7.40. The summed E-state index contributed by atoms with van der Waals surface area (Å²) < 4.78 is 13.0. The van der Waals surface area contributed by atoms with Crippen molar-refractivity contribution in [3.63, 3.8) is 0 Å². The topological polar surface area (TPSA) is 49.4 Å². The van der Waals surface area contributed by atoms with Crippen molar-refractivity contribution in [2.45, 2.75) is 31.1 Å². The van der Waals surface area contributed by atoms with Crippen LogP contribution in [0.15, 0.2) is 54.6 Å². The van der Waals surface area contributed by atoms with Gasteiger partial charge in [-0.2, -0.15) is 0 Å². The van der Waals surface area contributed by atoms with Crippen molar-refractivity contribution in [3.05, 3.63) is 71.5 Å². The maximum Gasteiger partial charge on any atom is 0.230 e. The van der Waals surface area contributed by atoms with Crippen LogP contribution in [0.4, 0.5) is 4.39 Å². The first-order chi connectivity index (χ1) is 13.5. The molecule has 1 heterocycles. The van der Waals surface area contributed by atoms with Crippen LogP contribution in [-0.4, -0.2) is 43.3 Å². The van der Waals surface area contributed by atoms with Gasteiger partial charge in [-0.15, -0.1) is 0 Å². The van der Waals surface area contributed by atoms with E-state index in [9.17, 15) is 14.0 Å². The number of likely N-dealkylation sites (N-methyl/N-ethyl adjacent to an activating group) is 1. The van der Waals surface area contributed by atoms with Gasteiger partial charge in [0.1, 0.15) is 5.82 Å². The molecule has 0 spiro atoms. The number of rotatable bonds is 7. The van der Waals surface area contributed by atoms with Gasteiger partial charge in [-0.25, -0.2) is 4.39 Å². The van der Waals surface area contributed by atoms with E-state index in [1.54, 1.807) is 7.05 Å². The van der Waals surface area contributed by atoms with Crippen LogP contribution >= 0.6 is 0 Å². The molecule has 2 aromatic carbocycles. The van der Waals surface area contributed by atoms with E-state index in [0.717, 1.165) is 44.5 Å². The normalized spacial score (nSPS) is 16.5. The number of carbonyl (C=O) groups is 2. The van der Waals surface area contributed by atoms with Crippen LogP contribution in [0, 0.1) is 5.82 Å². The van der Waals surface area contributed by atoms with Crippen molar-refractivity contribution >= 4 is 11.7 Å². The molecular weight excluding hydrogens is 355 g/mol. The summed E-state index contributed by atoms with van der Waals surface area (Å²) in [7, 11) is 1.69. The molecule has 1 saturated heterocycles. The average Bonchev–Trinajstić information content (AvgIpc) is 2.74. The number of amides is 1. The molecule has 1 fully saturated rings. The Kier molecular flexibility index (Phi) is 6.57. The lowest BCUT2D eigenvalue weighted by Gasteiger charge is -2.40. The fraction of sp³-hybridized carbons (Fsp3) is 0.391. The summed E-state index contributed by atoms with van der Waals surface area (Å²) in [6.07, 6.45) is 2.74. The van der Waals surface area contributed by atoms with Gasteiger partial charge in [0.05, 0.1) is 5.41 Å². The highest BCUT2D eigenvalue weighted by Crippen LogP contribution is 2.35. The summed E-state index contributed by atoms with van der Waals surface area (Å²) in [6, 6.07) is 15.7. The first-order valence-electron chi connectivity index (χ1n) is 9.84. The van der Waals surface area contributed by atoms with Gasteiger partial charge in [0, 0.05) is 19.0 Å². The Morgan fingerprint density at radius 2 is 1.68 bits per heavy atom. The smallest absolute Gasteiger partial charge is 0.230 e. The molecule has 0 radical (unpaired) electrons. The van der Waals surface area contributed by atoms with Crippen LogP contribution in [0.25, 0.3) is 0 Å². The third-order valence-corrected chi connectivity index (χ3v) is 5.74. The van der Waals surface area contributed by atoms with Crippen molar-refractivity contribution in [1.29, 1.82) is 0 Å². The van der Waals surface area contributed by atoms with Gasteiger partial charge in [0.2, 0.25) is 5.91 Å². The highest BCUT2D eigenvalue weighted by atomic mass is 19.1. The third kappa shape index (κ3) is 4.47. The summed E-state index contributed by atoms with van der Waals surface area (Å²) in [5.41, 5.74) is 1.15. The summed E-state index contributed by atoms with van der Waals surface area (Å²) in [5.74, 6) is -0.214. The molecule has 148 valence electrons. The fourth-order valence-electron chi connectivity index (χ4n) is 4.04. The third-order valence-electron chi connectivity index (χ3n) is 5.74. The lowest BCUT2D eigenvalue weighted by molar-refractivity contribution is -0.128. The van der Waals surface area contributed by atoms with E-state index in [1.165, 1.54) is 24.3 Å². The molecule has 0 aromatic heterocycles. The number of Topliss-reactive ketones (excluding diaryl/α,β-unsaturated/α-hetero) is 1. The zero-order chi connectivity index (χ0) is 20.0. The highest BCUT2D eigenvalue weighted by Gasteiger charge is 2.42. The zero-order valence-electron chi connectivity index (χ0n) is 16.3. The molecule has 1 amide bonds. The standard InChI is InChI=1S/C23H27FN2O2/c1-25-22(28)23(19-6-3-2-4-7-19)13-16-26(17-14-23)15-5-8-21(27)18-9-11-20(24)12-10-18/h2-4,6-7,9-12H,5,8,13-17H2,1H3,(H,25,28). The molecule has 0 unspecified atom stereocenters. The first kappa shape index (κ1) is 20.2. The van der Waals surface area contributed by atoms with Gasteiger partial charge < -0.3 is 10.2 Å². The number of carbonyl (C=O) groups excluding carboxylic acids is 2. The van der Waals surface area contributed by atoms with Gasteiger partial charge in [-0.05, 0) is 68.7 Å². The van der Waals surface area contributed by atoms with Gasteiger partial charge in [-0.3, -0.25) is 9.59 Å². The lowest BCUT2D eigenvalue weighted by Crippen LogP contribution is -2.51. The predicted molar refractivity (Wildman–Crippen MR) is 108 cm³/mol. The number of hydrogen-bond donors (Lipinski definition) is 1. The van der Waals surface area contributed by atoms with Gasteiger partial charge >= 0.3 is 0 Å². The number of benzene rings is 2. The fourth-order valence-corrected chi connectivity index (χ4v) is 4.04. The number of ketones is 1. The number of halogens is 1. The van der Waals surface area contributed by atoms with Crippen molar-refractivity contribution in [2.75, 3.05) is 26.7 Å². The Morgan fingerprint density at radius 1 is 1.04 bits per heavy atom. The molecule has 0 atom stereocenters. The van der Waals surface area contributed by atoms with Gasteiger partial charge in [-0.1, -0.05) is 30.3 Å². The Labute approximate surface area is 165 Å². The van der Waals surface area contributed by atoms with Crippen LogP contribution < -0.4 is 5.32 Å². The number of nitrogens with zero attached hydrogens (tertiary/aromatic N) is 1. The van der Waals surface area contributed by atoms with E-state index < -0.39 is 5.41 Å². The van der Waals surface area contributed by atoms with Crippen LogP contribution in [0.1, 0.15) is 41.6 Å². The highest BCUT2D eigenvalue weighted by molar-refractivity contribution is 5.96. The predicted octanol–water partition coefficient (Wildman–Crippen LogP) is 3.57. The summed E-state index contributed by atoms with van der Waals surface area (Å²) in [4.78, 5) is 27.2. The van der Waals surface area contributed by atoms with Crippen molar-refractivity contribution in [2.24, 2.45) is 0 Å². The van der Waals surface area contributed by atoms with Crippen LogP contribution in [0.3, 0.4) is 0 Å². The Balaban J connectivity index is 1.53. The molecule has 4 nitrogen and oxygen atoms in total. The van der Waals surface area contributed by atoms with E-state index in [2.05, 4.69) is 10.2 Å². The second-order valence-electron chi connectivity index (χ2n) is 7.40. The zero-order valence-corrected chi connectivity index (χ0v) is 16.3. The molecule has 0 bridgehead atoms. The molecule has 3 rings (SSSR count). The van der Waals surface area contributed by atoms with Crippen LogP contribution in [0.5, 0.6) is 0 Å². The van der Waals surface area contributed by atoms with E-state index in [-0.39, 0.29) is 17.5 Å². The first-order valence-corrected chi connectivity index (χ1v) is 9.84. The molecule has 0 aliphatic carbocycles. The van der Waals surface area contributed by atoms with Crippen molar-refractivity contribution in [3.8, 4) is 0 Å². The van der Waals surface area contributed by atoms with Crippen LogP contribution in [-0.2, 0) is 10.2 Å². The Hall–Kier alpha value is -2.53. The SMILES string of the molecule is CNC(=O)C1(c2ccccc2)CCN(CCCC(=O)c2ccc(F)cc2)CC1. The van der Waals surface area contributed by atoms with Crippen molar-refractivity contribution < 1.29 is 14.0 Å². The maximum absolute atomic E-state index is 13.0. The minimum absolute atomic E-state index is 0.0426. The molecule has 1 N–H and O–H groups in total. The van der Waals surface area contributed by atoms with E-state index in [0.29, 0.717) is 12.0 Å². The van der Waals surface area contributed by atoms with E-state index in [1.807, 2.05) is 30.3 Å². The van der Waals surface area contributed by atoms with E-state index in [4.69, 9.17) is 0 Å². The Morgan fingerprint density at radius 3 is 2.29 bits per heavy atom. The number of hydrogen-bond acceptors (Lipinski definition) is 3. The molecule has 2 aromatic rings. The second kappa shape index (κ2) is 9.11. The van der Waals surface area contributed by atoms with E-state index >= 15 is 0 Å². The summed E-state index contributed by atoms with van der Waals surface area (Å²) >= 11 is 0. The average molecular weight is 382 g/mol. The quantitative estimate of drug-likeness (QED) is 0.745. The van der Waals surface area contributed by atoms with Gasteiger partial charge in [0.25, 0.3) is 0 Å². The minimum atomic E-state index is -0.476. The number of likely N-dealkylation sites (tertiary alicyclic amines) is 1. The molecule has 0 saturated carbocycles. The maximum atomic E-state index is 13.0. The summed E-state index contributed by atoms with van der Waals surface area (Å²) in [6.45, 7) is 2.48. The number of piperidine rings is 1. The molecule has 5 heteroatoms. The lowest BCUT2D eigenvalue weighted by atomic mass is 9.72. The van der Waals surface area contributed by atoms with Crippen LogP contribution in [0.2, 0.25) is 0 Å². The monoisotopic (exact) mass is 382 g/mol. The van der Waals surface area contributed by atoms with Crippen molar-refractivity contribution in [1.82, 2.24) is 10.2 Å². The molecule has 1 aliphatic heterocycles. The van der Waals surface area contributed by atoms with Gasteiger partial charge in [0.15, 0.2) is 5.78 Å². The Bertz CT molecular complexity index is 797. The molecule has 28 heavy (non-hydrogen) atoms. The number of nitrogens with one attached hydrogen (secondary N) is 1. The summed E-state index contributed by atoms with van der Waals surface area (Å²) in [5, 5.41) is 2.84. The molecular formula is C23H27FN2O2. The molecule has 1 aliphatic rings.